The molecule has 3 heteroatoms. The van der Waals surface area contributed by atoms with Gasteiger partial charge in [-0.3, -0.25) is 0 Å². The standard InChI is InChI=1S/C28H25NS2/c1-2-3-4-5-10-19-15-17-20(18-16-19)29-25-21-11-6-8-13-23(21)30-27(25)28-26(29)22-12-7-9-14-24(22)31-28/h6-9,11-18H,2-5,10H2,1H3. The molecule has 3 aromatic carbocycles. The molecule has 0 aliphatic rings. The molecule has 3 aromatic heterocycles. The SMILES string of the molecule is CCCCCCc1ccc(-n2c3c4ccccc4sc3c3sc4ccccc4c32)cc1. The Bertz CT molecular complexity index is 1420. The maximum absolute atomic E-state index is 2.52. The molecule has 0 N–H and O–H groups in total. The highest BCUT2D eigenvalue weighted by Crippen LogP contribution is 2.47. The van der Waals surface area contributed by atoms with Crippen LogP contribution in [0.5, 0.6) is 0 Å². The minimum Gasteiger partial charge on any atom is -0.306 e. The first kappa shape index (κ1) is 19.1. The van der Waals surface area contributed by atoms with Gasteiger partial charge >= 0.3 is 0 Å². The summed E-state index contributed by atoms with van der Waals surface area (Å²) in [6, 6.07) is 27.0. The fourth-order valence-corrected chi connectivity index (χ4v) is 7.26. The van der Waals surface area contributed by atoms with Gasteiger partial charge in [-0.15, -0.1) is 22.7 Å². The van der Waals surface area contributed by atoms with Gasteiger partial charge in [0.25, 0.3) is 0 Å². The Balaban J connectivity index is 1.56. The molecule has 154 valence electrons. The summed E-state index contributed by atoms with van der Waals surface area (Å²) >= 11 is 3.86. The average Bonchev–Trinajstić information content (AvgIpc) is 3.45. The lowest BCUT2D eigenvalue weighted by molar-refractivity contribution is 0.667. The summed E-state index contributed by atoms with van der Waals surface area (Å²) < 4.78 is 8.09. The van der Waals surface area contributed by atoms with Crippen molar-refractivity contribution in [3.05, 3.63) is 78.4 Å². The molecule has 0 bridgehead atoms. The Morgan fingerprint density at radius 3 is 1.81 bits per heavy atom. The number of unbranched alkanes of at least 4 members (excludes halogenated alkanes) is 3. The molecule has 0 radical (unpaired) electrons. The maximum atomic E-state index is 2.52. The van der Waals surface area contributed by atoms with Crippen molar-refractivity contribution in [2.45, 2.75) is 39.0 Å². The zero-order valence-corrected chi connectivity index (χ0v) is 19.4. The van der Waals surface area contributed by atoms with Crippen molar-refractivity contribution >= 4 is 63.3 Å². The van der Waals surface area contributed by atoms with E-state index < -0.39 is 0 Å². The summed E-state index contributed by atoms with van der Waals surface area (Å²) in [5, 5.41) is 2.72. The Morgan fingerprint density at radius 1 is 0.645 bits per heavy atom. The maximum Gasteiger partial charge on any atom is 0.0736 e. The van der Waals surface area contributed by atoms with E-state index in [1.54, 1.807) is 0 Å². The number of hydrogen-bond donors (Lipinski definition) is 0. The largest absolute Gasteiger partial charge is 0.306 e. The molecule has 0 atom stereocenters. The van der Waals surface area contributed by atoms with E-state index in [-0.39, 0.29) is 0 Å². The number of hydrogen-bond acceptors (Lipinski definition) is 2. The molecule has 0 saturated carbocycles. The van der Waals surface area contributed by atoms with Gasteiger partial charge in [0.2, 0.25) is 0 Å². The quantitative estimate of drug-likeness (QED) is 0.228. The molecule has 3 heterocycles. The summed E-state index contributed by atoms with van der Waals surface area (Å²) in [4.78, 5) is 0. The third-order valence-corrected chi connectivity index (χ3v) is 8.79. The zero-order valence-electron chi connectivity index (χ0n) is 17.7. The summed E-state index contributed by atoms with van der Waals surface area (Å²) in [6.45, 7) is 2.27. The van der Waals surface area contributed by atoms with Crippen molar-refractivity contribution in [3.8, 4) is 5.69 Å². The number of thiophene rings is 2. The first-order chi connectivity index (χ1) is 15.3. The summed E-state index contributed by atoms with van der Waals surface area (Å²) in [5.41, 5.74) is 5.45. The highest BCUT2D eigenvalue weighted by molar-refractivity contribution is 7.33. The van der Waals surface area contributed by atoms with E-state index >= 15 is 0 Å². The lowest BCUT2D eigenvalue weighted by atomic mass is 10.1. The van der Waals surface area contributed by atoms with Gasteiger partial charge in [0.05, 0.1) is 20.4 Å². The normalized spacial score (nSPS) is 12.0. The molecule has 0 spiro atoms. The van der Waals surface area contributed by atoms with Gasteiger partial charge in [0.15, 0.2) is 0 Å². The summed E-state index contributed by atoms with van der Waals surface area (Å²) in [7, 11) is 0. The Morgan fingerprint density at radius 2 is 1.23 bits per heavy atom. The second-order valence-electron chi connectivity index (χ2n) is 8.36. The molecule has 1 nitrogen and oxygen atoms in total. The van der Waals surface area contributed by atoms with Crippen LogP contribution in [-0.2, 0) is 6.42 Å². The lowest BCUT2D eigenvalue weighted by Crippen LogP contribution is -1.94. The predicted molar refractivity (Wildman–Crippen MR) is 139 cm³/mol. The zero-order chi connectivity index (χ0) is 20.8. The van der Waals surface area contributed by atoms with Crippen molar-refractivity contribution in [3.63, 3.8) is 0 Å². The van der Waals surface area contributed by atoms with Crippen LogP contribution < -0.4 is 0 Å². The monoisotopic (exact) mass is 439 g/mol. The van der Waals surface area contributed by atoms with Gasteiger partial charge in [-0.1, -0.05) is 74.7 Å². The molecular weight excluding hydrogens is 414 g/mol. The number of rotatable bonds is 6. The third kappa shape index (κ3) is 3.10. The van der Waals surface area contributed by atoms with E-state index in [2.05, 4.69) is 84.3 Å². The third-order valence-electron chi connectivity index (χ3n) is 6.31. The second-order valence-corrected chi connectivity index (χ2v) is 10.5. The average molecular weight is 440 g/mol. The van der Waals surface area contributed by atoms with Crippen LogP contribution in [0.15, 0.2) is 72.8 Å². The lowest BCUT2D eigenvalue weighted by Gasteiger charge is -2.09. The molecular formula is C28H25NS2. The number of aromatic nitrogens is 1. The highest BCUT2D eigenvalue weighted by atomic mass is 32.1. The van der Waals surface area contributed by atoms with Crippen molar-refractivity contribution in [1.29, 1.82) is 0 Å². The molecule has 0 saturated heterocycles. The Hall–Kier alpha value is -2.62. The molecule has 6 rings (SSSR count). The van der Waals surface area contributed by atoms with E-state index in [1.807, 2.05) is 22.7 Å². The molecule has 6 aromatic rings. The van der Waals surface area contributed by atoms with E-state index in [0.29, 0.717) is 0 Å². The molecule has 0 aliphatic carbocycles. The first-order valence-electron chi connectivity index (χ1n) is 11.3. The highest BCUT2D eigenvalue weighted by Gasteiger charge is 2.21. The van der Waals surface area contributed by atoms with Crippen molar-refractivity contribution < 1.29 is 0 Å². The van der Waals surface area contributed by atoms with E-state index in [4.69, 9.17) is 0 Å². The van der Waals surface area contributed by atoms with Crippen molar-refractivity contribution in [2.75, 3.05) is 0 Å². The summed E-state index contributed by atoms with van der Waals surface area (Å²) in [5.74, 6) is 0. The van der Waals surface area contributed by atoms with E-state index in [9.17, 15) is 0 Å². The molecule has 0 fully saturated rings. The Kier molecular flexibility index (Phi) is 4.81. The number of nitrogens with zero attached hydrogens (tertiary/aromatic N) is 1. The molecule has 0 aliphatic heterocycles. The van der Waals surface area contributed by atoms with Gasteiger partial charge in [0.1, 0.15) is 0 Å². The molecule has 0 unspecified atom stereocenters. The van der Waals surface area contributed by atoms with Crippen molar-refractivity contribution in [2.24, 2.45) is 0 Å². The van der Waals surface area contributed by atoms with E-state index in [1.165, 1.54) is 84.0 Å². The van der Waals surface area contributed by atoms with Crippen molar-refractivity contribution in [1.82, 2.24) is 4.57 Å². The van der Waals surface area contributed by atoms with Gasteiger partial charge < -0.3 is 4.57 Å². The topological polar surface area (TPSA) is 4.93 Å². The second kappa shape index (κ2) is 7.81. The minimum atomic E-state index is 1.18. The molecule has 31 heavy (non-hydrogen) atoms. The van der Waals surface area contributed by atoms with E-state index in [0.717, 1.165) is 0 Å². The van der Waals surface area contributed by atoms with Crippen LogP contribution in [0.1, 0.15) is 38.2 Å². The first-order valence-corrected chi connectivity index (χ1v) is 12.9. The van der Waals surface area contributed by atoms with Gasteiger partial charge in [0, 0.05) is 25.9 Å². The molecule has 0 amide bonds. The smallest absolute Gasteiger partial charge is 0.0736 e. The van der Waals surface area contributed by atoms with Crippen LogP contribution in [0.4, 0.5) is 0 Å². The number of aryl methyl sites for hydroxylation is 1. The van der Waals surface area contributed by atoms with Crippen LogP contribution in [0.25, 0.3) is 46.3 Å². The van der Waals surface area contributed by atoms with Crippen LogP contribution >= 0.6 is 22.7 Å². The number of benzene rings is 3. The van der Waals surface area contributed by atoms with Gasteiger partial charge in [-0.2, -0.15) is 0 Å². The number of fused-ring (bicyclic) bond motifs is 7. The van der Waals surface area contributed by atoms with Crippen LogP contribution in [-0.4, -0.2) is 4.57 Å². The summed E-state index contributed by atoms with van der Waals surface area (Å²) in [6.07, 6.45) is 6.43. The van der Waals surface area contributed by atoms with Gasteiger partial charge in [-0.05, 0) is 42.7 Å². The fraction of sp³-hybridized carbons (Fsp3) is 0.214. The minimum absolute atomic E-state index is 1.18. The van der Waals surface area contributed by atoms with Crippen LogP contribution in [0, 0.1) is 0 Å². The fourth-order valence-electron chi connectivity index (χ4n) is 4.75. The predicted octanol–water partition coefficient (Wildman–Crippen LogP) is 9.34. The van der Waals surface area contributed by atoms with Crippen LogP contribution in [0.2, 0.25) is 0 Å². The van der Waals surface area contributed by atoms with Crippen LogP contribution in [0.3, 0.4) is 0 Å². The Labute approximate surface area is 190 Å². The van der Waals surface area contributed by atoms with Gasteiger partial charge in [-0.25, -0.2) is 0 Å².